The number of methoxy groups -OCH3 is 1. The number of aromatic nitrogens is 2. The monoisotopic (exact) mass is 267 g/mol. The molecule has 1 aromatic heterocycles. The Morgan fingerprint density at radius 1 is 1.44 bits per heavy atom. The molecule has 2 aromatic rings. The zero-order valence-corrected chi connectivity index (χ0v) is 10.2. The van der Waals surface area contributed by atoms with Crippen LogP contribution in [0, 0.1) is 0 Å². The molecule has 0 amide bonds. The van der Waals surface area contributed by atoms with Gasteiger partial charge in [0, 0.05) is 5.02 Å². The van der Waals surface area contributed by atoms with Crippen LogP contribution < -0.4 is 16.0 Å². The van der Waals surface area contributed by atoms with Crippen LogP contribution in [0.25, 0.3) is 5.69 Å². The van der Waals surface area contributed by atoms with Crippen molar-refractivity contribution in [3.05, 3.63) is 39.6 Å². The zero-order valence-electron chi connectivity index (χ0n) is 9.42. The van der Waals surface area contributed by atoms with Crippen molar-refractivity contribution in [3.8, 4) is 17.2 Å². The van der Waals surface area contributed by atoms with Gasteiger partial charge < -0.3 is 15.6 Å². The Kier molecular flexibility index (Phi) is 3.12. The van der Waals surface area contributed by atoms with Crippen molar-refractivity contribution in [1.29, 1.82) is 0 Å². The fourth-order valence-electron chi connectivity index (χ4n) is 1.46. The Balaban J connectivity index is 2.72. The number of nitrogen functional groups attached to an aromatic ring is 1. The lowest BCUT2D eigenvalue weighted by Gasteiger charge is -2.10. The first kappa shape index (κ1) is 12.3. The van der Waals surface area contributed by atoms with Crippen LogP contribution in [0.2, 0.25) is 5.02 Å². The summed E-state index contributed by atoms with van der Waals surface area (Å²) in [6, 6.07) is 5.72. The molecule has 0 saturated heterocycles. The largest absolute Gasteiger partial charge is 0.504 e. The van der Waals surface area contributed by atoms with Gasteiger partial charge in [0.05, 0.1) is 13.2 Å². The van der Waals surface area contributed by atoms with E-state index < -0.39 is 5.56 Å². The summed E-state index contributed by atoms with van der Waals surface area (Å²) in [6.07, 6.45) is 0. The number of benzene rings is 1. The first-order valence-electron chi connectivity index (χ1n) is 4.95. The predicted molar refractivity (Wildman–Crippen MR) is 67.5 cm³/mol. The third-order valence-corrected chi connectivity index (χ3v) is 2.54. The van der Waals surface area contributed by atoms with E-state index in [4.69, 9.17) is 22.1 Å². The molecule has 2 rings (SSSR count). The summed E-state index contributed by atoms with van der Waals surface area (Å²) >= 11 is 5.87. The molecule has 18 heavy (non-hydrogen) atoms. The first-order chi connectivity index (χ1) is 8.52. The number of anilines is 1. The van der Waals surface area contributed by atoms with Crippen molar-refractivity contribution >= 4 is 17.4 Å². The minimum Gasteiger partial charge on any atom is -0.504 e. The number of halogens is 1. The molecule has 0 fully saturated rings. The molecule has 6 nitrogen and oxygen atoms in total. The Morgan fingerprint density at radius 2 is 2.17 bits per heavy atom. The normalized spacial score (nSPS) is 10.3. The van der Waals surface area contributed by atoms with E-state index in [0.29, 0.717) is 16.5 Å². The topological polar surface area (TPSA) is 90.4 Å². The van der Waals surface area contributed by atoms with E-state index >= 15 is 0 Å². The highest BCUT2D eigenvalue weighted by molar-refractivity contribution is 6.30. The standard InChI is InChI=1S/C11H10ClN3O3/c1-18-9-3-2-6(12)4-7(9)15-10(17)5-8(16)11(13)14-15/h2-5,16H,1H3,(H2,13,14). The highest BCUT2D eigenvalue weighted by Crippen LogP contribution is 2.25. The molecule has 0 aliphatic heterocycles. The summed E-state index contributed by atoms with van der Waals surface area (Å²) in [5.74, 6) is -0.104. The second-order valence-electron chi connectivity index (χ2n) is 3.48. The van der Waals surface area contributed by atoms with Gasteiger partial charge in [0.1, 0.15) is 11.4 Å². The van der Waals surface area contributed by atoms with Crippen LogP contribution in [-0.4, -0.2) is 22.0 Å². The van der Waals surface area contributed by atoms with Crippen LogP contribution in [0.15, 0.2) is 29.1 Å². The maximum absolute atomic E-state index is 11.8. The molecule has 1 heterocycles. The van der Waals surface area contributed by atoms with Crippen molar-refractivity contribution < 1.29 is 9.84 Å². The van der Waals surface area contributed by atoms with Gasteiger partial charge in [-0.15, -0.1) is 5.10 Å². The quantitative estimate of drug-likeness (QED) is 0.853. The van der Waals surface area contributed by atoms with E-state index in [1.807, 2.05) is 0 Å². The fraction of sp³-hybridized carbons (Fsp3) is 0.0909. The fourth-order valence-corrected chi connectivity index (χ4v) is 1.63. The Bertz CT molecular complexity index is 654. The van der Waals surface area contributed by atoms with Crippen molar-refractivity contribution in [1.82, 2.24) is 9.78 Å². The van der Waals surface area contributed by atoms with E-state index in [2.05, 4.69) is 5.10 Å². The number of nitrogens with two attached hydrogens (primary N) is 1. The van der Waals surface area contributed by atoms with Crippen LogP contribution in [0.3, 0.4) is 0 Å². The van der Waals surface area contributed by atoms with Gasteiger partial charge in [-0.3, -0.25) is 4.79 Å². The molecule has 0 aliphatic rings. The molecule has 0 spiro atoms. The lowest BCUT2D eigenvalue weighted by atomic mass is 10.3. The smallest absolute Gasteiger partial charge is 0.275 e. The minimum absolute atomic E-state index is 0.156. The highest BCUT2D eigenvalue weighted by atomic mass is 35.5. The van der Waals surface area contributed by atoms with Crippen LogP contribution in [0.4, 0.5) is 5.82 Å². The average Bonchev–Trinajstić information content (AvgIpc) is 2.34. The lowest BCUT2D eigenvalue weighted by molar-refractivity contribution is 0.410. The molecule has 3 N–H and O–H groups in total. The summed E-state index contributed by atoms with van der Waals surface area (Å²) in [6.45, 7) is 0. The summed E-state index contributed by atoms with van der Waals surface area (Å²) < 4.78 is 6.13. The van der Waals surface area contributed by atoms with Crippen LogP contribution in [0.5, 0.6) is 11.5 Å². The van der Waals surface area contributed by atoms with Crippen LogP contribution in [0.1, 0.15) is 0 Å². The average molecular weight is 268 g/mol. The van der Waals surface area contributed by atoms with Crippen LogP contribution in [-0.2, 0) is 0 Å². The number of hydrogen-bond acceptors (Lipinski definition) is 5. The first-order valence-corrected chi connectivity index (χ1v) is 5.33. The van der Waals surface area contributed by atoms with Gasteiger partial charge in [-0.1, -0.05) is 11.6 Å². The third-order valence-electron chi connectivity index (χ3n) is 2.31. The zero-order chi connectivity index (χ0) is 13.3. The van der Waals surface area contributed by atoms with Gasteiger partial charge in [0.25, 0.3) is 5.56 Å². The van der Waals surface area contributed by atoms with Gasteiger partial charge in [-0.25, -0.2) is 0 Å². The SMILES string of the molecule is COc1ccc(Cl)cc1-n1nc(N)c(O)cc1=O. The lowest BCUT2D eigenvalue weighted by Crippen LogP contribution is -2.21. The van der Waals surface area contributed by atoms with Crippen molar-refractivity contribution in [3.63, 3.8) is 0 Å². The maximum Gasteiger partial charge on any atom is 0.275 e. The maximum atomic E-state index is 11.8. The molecule has 1 aromatic carbocycles. The molecular formula is C11H10ClN3O3. The summed E-state index contributed by atoms with van der Waals surface area (Å²) in [7, 11) is 1.46. The number of ether oxygens (including phenoxy) is 1. The minimum atomic E-state index is -0.540. The third kappa shape index (κ3) is 2.10. The summed E-state index contributed by atoms with van der Waals surface area (Å²) in [5, 5.41) is 13.5. The predicted octanol–water partition coefficient (Wildman–Crippen LogP) is 1.18. The van der Waals surface area contributed by atoms with E-state index in [1.165, 1.54) is 13.2 Å². The summed E-state index contributed by atoms with van der Waals surface area (Å²) in [5.41, 5.74) is 5.27. The van der Waals surface area contributed by atoms with E-state index in [0.717, 1.165) is 10.7 Å². The molecule has 0 unspecified atom stereocenters. The van der Waals surface area contributed by atoms with E-state index in [1.54, 1.807) is 12.1 Å². The molecule has 0 radical (unpaired) electrons. The van der Waals surface area contributed by atoms with Crippen molar-refractivity contribution in [2.75, 3.05) is 12.8 Å². The Hall–Kier alpha value is -2.21. The van der Waals surface area contributed by atoms with E-state index in [-0.39, 0.29) is 11.6 Å². The Morgan fingerprint density at radius 3 is 2.83 bits per heavy atom. The van der Waals surface area contributed by atoms with Gasteiger partial charge in [-0.2, -0.15) is 4.68 Å². The molecule has 0 aliphatic carbocycles. The molecule has 0 bridgehead atoms. The highest BCUT2D eigenvalue weighted by Gasteiger charge is 2.11. The number of nitrogens with zero attached hydrogens (tertiary/aromatic N) is 2. The molecule has 7 heteroatoms. The Labute approximate surface area is 107 Å². The van der Waals surface area contributed by atoms with E-state index in [9.17, 15) is 9.90 Å². The van der Waals surface area contributed by atoms with Crippen LogP contribution >= 0.6 is 11.6 Å². The van der Waals surface area contributed by atoms with Crippen molar-refractivity contribution in [2.24, 2.45) is 0 Å². The molecule has 0 saturated carbocycles. The molecular weight excluding hydrogens is 258 g/mol. The van der Waals surface area contributed by atoms with Gasteiger partial charge in [-0.05, 0) is 18.2 Å². The van der Waals surface area contributed by atoms with Gasteiger partial charge in [0.15, 0.2) is 11.6 Å². The van der Waals surface area contributed by atoms with Crippen molar-refractivity contribution in [2.45, 2.75) is 0 Å². The molecule has 0 atom stereocenters. The number of rotatable bonds is 2. The number of aromatic hydroxyl groups is 1. The molecule has 94 valence electrons. The number of hydrogen-bond donors (Lipinski definition) is 2. The second-order valence-corrected chi connectivity index (χ2v) is 3.92. The summed E-state index contributed by atoms with van der Waals surface area (Å²) in [4.78, 5) is 11.8. The van der Waals surface area contributed by atoms with Gasteiger partial charge >= 0.3 is 0 Å². The second kappa shape index (κ2) is 4.58. The van der Waals surface area contributed by atoms with Gasteiger partial charge in [0.2, 0.25) is 0 Å².